The van der Waals surface area contributed by atoms with Gasteiger partial charge in [-0.3, -0.25) is 14.4 Å². The van der Waals surface area contributed by atoms with Crippen LogP contribution in [0.5, 0.6) is 5.75 Å². The average Bonchev–Trinajstić information content (AvgIpc) is 3.20. The summed E-state index contributed by atoms with van der Waals surface area (Å²) >= 11 is 0. The van der Waals surface area contributed by atoms with Crippen molar-refractivity contribution in [1.29, 1.82) is 0 Å². The van der Waals surface area contributed by atoms with Crippen molar-refractivity contribution in [3.63, 3.8) is 0 Å². The van der Waals surface area contributed by atoms with Crippen LogP contribution in [0.2, 0.25) is 0 Å². The van der Waals surface area contributed by atoms with Gasteiger partial charge < -0.3 is 39.8 Å². The maximum absolute atomic E-state index is 14.0. The third-order valence-electron chi connectivity index (χ3n) is 10.1. The summed E-state index contributed by atoms with van der Waals surface area (Å²) in [5.74, 6) is -0.413. The topological polar surface area (TPSA) is 162 Å². The lowest BCUT2D eigenvalue weighted by atomic mass is 9.95. The van der Waals surface area contributed by atoms with Gasteiger partial charge in [0.25, 0.3) is 0 Å². The van der Waals surface area contributed by atoms with Crippen LogP contribution in [0, 0.1) is 12.8 Å². The Kier molecular flexibility index (Phi) is 18.5. The normalized spacial score (nSPS) is 15.1. The second kappa shape index (κ2) is 23.4. The third-order valence-corrected chi connectivity index (χ3v) is 10.1. The van der Waals surface area contributed by atoms with Crippen molar-refractivity contribution in [2.45, 2.75) is 136 Å². The molecule has 0 saturated carbocycles. The van der Waals surface area contributed by atoms with E-state index >= 15 is 0 Å². The molecule has 3 aromatic rings. The van der Waals surface area contributed by atoms with Crippen LogP contribution >= 0.6 is 0 Å². The number of nitrogens with zero attached hydrogens (tertiary/aromatic N) is 1. The minimum absolute atomic E-state index is 0.00178. The first-order chi connectivity index (χ1) is 28.9. The number of amides is 4. The Labute approximate surface area is 361 Å². The number of piperidine rings is 1. The van der Waals surface area contributed by atoms with Crippen molar-refractivity contribution in [1.82, 2.24) is 20.9 Å². The lowest BCUT2D eigenvalue weighted by molar-refractivity contribution is -0.155. The Morgan fingerprint density at radius 1 is 0.787 bits per heavy atom. The number of hydrogen-bond acceptors (Lipinski definition) is 9. The maximum Gasteiger partial charge on any atom is 0.410 e. The number of nitrogens with one attached hydrogen (secondary N) is 3. The van der Waals surface area contributed by atoms with Crippen molar-refractivity contribution < 1.29 is 42.9 Å². The molecule has 0 aliphatic carbocycles. The zero-order valence-electron chi connectivity index (χ0n) is 37.1. The second-order valence-corrected chi connectivity index (χ2v) is 17.7. The van der Waals surface area contributed by atoms with Gasteiger partial charge in [-0.15, -0.1) is 0 Å². The van der Waals surface area contributed by atoms with E-state index in [-0.39, 0.29) is 44.4 Å². The number of ether oxygens (including phenoxy) is 4. The maximum atomic E-state index is 14.0. The number of likely N-dealkylation sites (tertiary alicyclic amines) is 1. The van der Waals surface area contributed by atoms with Gasteiger partial charge in [0.05, 0.1) is 6.61 Å². The molecule has 0 aromatic heterocycles. The molecule has 61 heavy (non-hydrogen) atoms. The predicted octanol–water partition coefficient (Wildman–Crippen LogP) is 7.95. The molecule has 0 radical (unpaired) electrons. The van der Waals surface area contributed by atoms with Gasteiger partial charge in [-0.1, -0.05) is 66.7 Å². The highest BCUT2D eigenvalue weighted by Crippen LogP contribution is 2.24. The summed E-state index contributed by atoms with van der Waals surface area (Å²) in [6.07, 6.45) is 2.81. The molecule has 3 atom stereocenters. The van der Waals surface area contributed by atoms with Gasteiger partial charge in [-0.25, -0.2) is 9.59 Å². The standard InChI is InChI=1S/C48H66N4O9/c1-34-23-25-39(58-29-27-36-20-15-28-52(32-36)46(57)61-48(5,6)7)30-38(34)31-49-43(54)41(26-24-35-16-10-8-11-17-35)50-44(55)40(21-14-22-42(53)60-47(2,3)4)51-45(56)59-33-37-18-12-9-13-19-37/h8-13,16-19,23,25,30,36,40-41H,14-15,20-22,24,26-29,31-33H2,1-7H3,(H,49,54)(H,50,55)(H,51,56)/t36?,40-,41-/m0/s1. The molecule has 1 fully saturated rings. The molecule has 1 aliphatic rings. The van der Waals surface area contributed by atoms with E-state index in [1.807, 2.05) is 107 Å². The van der Waals surface area contributed by atoms with E-state index in [9.17, 15) is 24.0 Å². The van der Waals surface area contributed by atoms with Gasteiger partial charge in [0, 0.05) is 26.1 Å². The van der Waals surface area contributed by atoms with Crippen molar-refractivity contribution >= 4 is 30.0 Å². The summed E-state index contributed by atoms with van der Waals surface area (Å²) in [6.45, 7) is 14.9. The number of carbonyl (C=O) groups is 5. The first-order valence-corrected chi connectivity index (χ1v) is 21.5. The molecule has 0 bridgehead atoms. The van der Waals surface area contributed by atoms with Gasteiger partial charge >= 0.3 is 18.2 Å². The van der Waals surface area contributed by atoms with E-state index in [2.05, 4.69) is 16.0 Å². The molecule has 1 aliphatic heterocycles. The number of aryl methyl sites for hydroxylation is 2. The van der Waals surface area contributed by atoms with Crippen LogP contribution in [0.4, 0.5) is 9.59 Å². The fourth-order valence-corrected chi connectivity index (χ4v) is 6.89. The Balaban J connectivity index is 1.39. The molecule has 13 heteroatoms. The average molecular weight is 843 g/mol. The quantitative estimate of drug-likeness (QED) is 0.0804. The zero-order chi connectivity index (χ0) is 44.4. The van der Waals surface area contributed by atoms with Gasteiger partial charge in [0.1, 0.15) is 35.6 Å². The highest BCUT2D eigenvalue weighted by atomic mass is 16.6. The molecule has 3 N–H and O–H groups in total. The summed E-state index contributed by atoms with van der Waals surface area (Å²) in [4.78, 5) is 67.8. The largest absolute Gasteiger partial charge is 0.494 e. The molecule has 1 heterocycles. The molecule has 4 rings (SSSR count). The van der Waals surface area contributed by atoms with Crippen LogP contribution in [-0.2, 0) is 48.2 Å². The van der Waals surface area contributed by atoms with Crippen LogP contribution in [0.3, 0.4) is 0 Å². The Morgan fingerprint density at radius 3 is 2.11 bits per heavy atom. The van der Waals surface area contributed by atoms with Crippen LogP contribution < -0.4 is 20.7 Å². The number of alkyl carbamates (subject to hydrolysis) is 1. The van der Waals surface area contributed by atoms with Crippen molar-refractivity contribution in [2.24, 2.45) is 5.92 Å². The Bertz CT molecular complexity index is 1880. The number of rotatable bonds is 19. The van der Waals surface area contributed by atoms with E-state index in [1.54, 1.807) is 25.7 Å². The number of benzene rings is 3. The minimum atomic E-state index is -1.09. The summed E-state index contributed by atoms with van der Waals surface area (Å²) in [6, 6.07) is 22.5. The first-order valence-electron chi connectivity index (χ1n) is 21.5. The summed E-state index contributed by atoms with van der Waals surface area (Å²) in [7, 11) is 0. The molecule has 1 unspecified atom stereocenters. The van der Waals surface area contributed by atoms with Crippen molar-refractivity contribution in [3.8, 4) is 5.75 Å². The number of hydrogen-bond donors (Lipinski definition) is 3. The van der Waals surface area contributed by atoms with Crippen molar-refractivity contribution in [2.75, 3.05) is 19.7 Å². The summed E-state index contributed by atoms with van der Waals surface area (Å²) < 4.78 is 22.6. The van der Waals surface area contributed by atoms with Gasteiger partial charge in [0.15, 0.2) is 0 Å². The number of carbonyl (C=O) groups excluding carboxylic acids is 5. The third kappa shape index (κ3) is 18.3. The lowest BCUT2D eigenvalue weighted by Gasteiger charge is -2.34. The van der Waals surface area contributed by atoms with E-state index < -0.39 is 41.3 Å². The molecule has 3 aromatic carbocycles. The SMILES string of the molecule is Cc1ccc(OCCC2CCCN(C(=O)OC(C)(C)C)C2)cc1CNC(=O)[C@H](CCc1ccccc1)NC(=O)[C@H](CCCC(=O)OC(C)(C)C)NC(=O)OCc1ccccc1. The van der Waals surface area contributed by atoms with Crippen LogP contribution in [0.15, 0.2) is 78.9 Å². The second-order valence-electron chi connectivity index (χ2n) is 17.7. The smallest absolute Gasteiger partial charge is 0.410 e. The van der Waals surface area contributed by atoms with Gasteiger partial charge in [-0.2, -0.15) is 0 Å². The van der Waals surface area contributed by atoms with E-state index in [0.29, 0.717) is 44.2 Å². The Morgan fingerprint density at radius 2 is 1.44 bits per heavy atom. The van der Waals surface area contributed by atoms with Gasteiger partial charge in [0.2, 0.25) is 11.8 Å². The lowest BCUT2D eigenvalue weighted by Crippen LogP contribution is -2.53. The predicted molar refractivity (Wildman–Crippen MR) is 234 cm³/mol. The monoisotopic (exact) mass is 842 g/mol. The highest BCUT2D eigenvalue weighted by molar-refractivity contribution is 5.91. The van der Waals surface area contributed by atoms with E-state index in [4.69, 9.17) is 18.9 Å². The van der Waals surface area contributed by atoms with E-state index in [1.165, 1.54) is 0 Å². The molecule has 332 valence electrons. The van der Waals surface area contributed by atoms with Gasteiger partial charge in [-0.05, 0) is 134 Å². The van der Waals surface area contributed by atoms with Crippen LogP contribution in [-0.4, -0.2) is 77.9 Å². The summed E-state index contributed by atoms with van der Waals surface area (Å²) in [5, 5.41) is 8.56. The highest BCUT2D eigenvalue weighted by Gasteiger charge is 2.29. The zero-order valence-corrected chi connectivity index (χ0v) is 37.1. The van der Waals surface area contributed by atoms with Crippen LogP contribution in [0.25, 0.3) is 0 Å². The summed E-state index contributed by atoms with van der Waals surface area (Å²) in [5.41, 5.74) is 2.39. The first kappa shape index (κ1) is 48.1. The molecule has 4 amide bonds. The molecular formula is C48H66N4O9. The number of esters is 1. The fraction of sp³-hybridized carbons (Fsp3) is 0.521. The Hall–Kier alpha value is -5.59. The molecule has 0 spiro atoms. The molecule has 1 saturated heterocycles. The van der Waals surface area contributed by atoms with E-state index in [0.717, 1.165) is 41.5 Å². The van der Waals surface area contributed by atoms with Crippen molar-refractivity contribution in [3.05, 3.63) is 101 Å². The fourth-order valence-electron chi connectivity index (χ4n) is 6.89. The molecule has 13 nitrogen and oxygen atoms in total. The molecular weight excluding hydrogens is 777 g/mol. The minimum Gasteiger partial charge on any atom is -0.494 e. The van der Waals surface area contributed by atoms with Crippen LogP contribution in [0.1, 0.15) is 109 Å².